The number of halogens is 1. The maximum absolute atomic E-state index is 11.2. The number of anilines is 1. The quantitative estimate of drug-likeness (QED) is 0.907. The second kappa shape index (κ2) is 5.44. The molecular weight excluding hydrogens is 310 g/mol. The van der Waals surface area contributed by atoms with Crippen molar-refractivity contribution >= 4 is 27.6 Å². The van der Waals surface area contributed by atoms with E-state index < -0.39 is 5.97 Å². The largest absolute Gasteiger partial charge is 0.478 e. The Hall–Kier alpha value is -1.82. The van der Waals surface area contributed by atoms with Gasteiger partial charge in [0.25, 0.3) is 0 Å². The monoisotopic (exact) mass is 323 g/mol. The maximum atomic E-state index is 11.2. The zero-order chi connectivity index (χ0) is 14.0. The molecule has 0 atom stereocenters. The van der Waals surface area contributed by atoms with E-state index in [1.807, 2.05) is 14.0 Å². The lowest BCUT2D eigenvalue weighted by molar-refractivity contribution is 0.0697. The third-order valence-electron chi connectivity index (χ3n) is 3.03. The molecule has 1 aromatic carbocycles. The van der Waals surface area contributed by atoms with Crippen LogP contribution < -0.4 is 5.32 Å². The minimum atomic E-state index is -0.960. The molecule has 0 aliphatic carbocycles. The van der Waals surface area contributed by atoms with Crippen LogP contribution in [0.25, 0.3) is 0 Å². The highest BCUT2D eigenvalue weighted by Gasteiger charge is 2.14. The molecule has 0 saturated carbocycles. The number of nitrogens with zero attached hydrogens (tertiary/aromatic N) is 2. The Morgan fingerprint density at radius 3 is 2.84 bits per heavy atom. The smallest absolute Gasteiger partial charge is 0.338 e. The first kappa shape index (κ1) is 13.6. The molecule has 0 saturated heterocycles. The summed E-state index contributed by atoms with van der Waals surface area (Å²) in [7, 11) is 1.88. The summed E-state index contributed by atoms with van der Waals surface area (Å²) in [6.45, 7) is 2.51. The van der Waals surface area contributed by atoms with E-state index in [0.29, 0.717) is 16.7 Å². The molecule has 0 fully saturated rings. The molecule has 0 radical (unpaired) electrons. The minimum absolute atomic E-state index is 0.240. The molecule has 0 spiro atoms. The molecule has 1 aromatic heterocycles. The fraction of sp³-hybridized carbons (Fsp3) is 0.231. The van der Waals surface area contributed by atoms with Crippen LogP contribution in [0.3, 0.4) is 0 Å². The van der Waals surface area contributed by atoms with E-state index in [9.17, 15) is 9.90 Å². The van der Waals surface area contributed by atoms with E-state index in [0.717, 1.165) is 11.3 Å². The summed E-state index contributed by atoms with van der Waals surface area (Å²) < 4.78 is 2.35. The topological polar surface area (TPSA) is 67.2 Å². The van der Waals surface area contributed by atoms with Crippen molar-refractivity contribution in [2.75, 3.05) is 5.32 Å². The zero-order valence-electron chi connectivity index (χ0n) is 10.6. The van der Waals surface area contributed by atoms with Gasteiger partial charge in [-0.2, -0.15) is 5.10 Å². The molecule has 6 heteroatoms. The molecule has 0 bridgehead atoms. The molecule has 5 nitrogen and oxygen atoms in total. The van der Waals surface area contributed by atoms with Crippen molar-refractivity contribution in [3.05, 3.63) is 45.7 Å². The molecule has 2 rings (SSSR count). The van der Waals surface area contributed by atoms with Gasteiger partial charge in [0.05, 0.1) is 17.4 Å². The fourth-order valence-electron chi connectivity index (χ4n) is 1.80. The molecule has 19 heavy (non-hydrogen) atoms. The summed E-state index contributed by atoms with van der Waals surface area (Å²) >= 11 is 3.26. The third-order valence-corrected chi connectivity index (χ3v) is 3.69. The molecule has 0 unspecified atom stereocenters. The zero-order valence-corrected chi connectivity index (χ0v) is 12.2. The van der Waals surface area contributed by atoms with Crippen molar-refractivity contribution in [3.8, 4) is 0 Å². The summed E-state index contributed by atoms with van der Waals surface area (Å²) in [6, 6.07) is 5.26. The lowest BCUT2D eigenvalue weighted by Gasteiger charge is -2.10. The number of benzene rings is 1. The van der Waals surface area contributed by atoms with Crippen LogP contribution in [-0.2, 0) is 13.6 Å². The van der Waals surface area contributed by atoms with Crippen LogP contribution >= 0.6 is 15.9 Å². The van der Waals surface area contributed by atoms with Crippen LogP contribution in [0, 0.1) is 6.92 Å². The molecule has 2 aromatic rings. The summed E-state index contributed by atoms with van der Waals surface area (Å²) in [4.78, 5) is 11.2. The van der Waals surface area contributed by atoms with Crippen LogP contribution in [0.1, 0.15) is 21.6 Å². The summed E-state index contributed by atoms with van der Waals surface area (Å²) in [5.41, 5.74) is 2.92. The number of carboxylic acids is 1. The fourth-order valence-corrected chi connectivity index (χ4v) is 2.33. The van der Waals surface area contributed by atoms with Gasteiger partial charge in [0, 0.05) is 29.3 Å². The Labute approximate surface area is 119 Å². The number of aryl methyl sites for hydroxylation is 1. The van der Waals surface area contributed by atoms with Gasteiger partial charge in [-0.05, 0) is 35.0 Å². The average Bonchev–Trinajstić information content (AvgIpc) is 2.67. The molecule has 0 aliphatic rings. The van der Waals surface area contributed by atoms with Crippen LogP contribution in [0.5, 0.6) is 0 Å². The molecule has 0 amide bonds. The first-order chi connectivity index (χ1) is 9.00. The minimum Gasteiger partial charge on any atom is -0.478 e. The first-order valence-corrected chi connectivity index (χ1v) is 6.53. The molecule has 1 heterocycles. The standard InChI is InChI=1S/C13H14BrN3O2/c1-8-9(7-16-17(8)2)6-15-11-5-3-4-10(14)12(11)13(18)19/h3-5,7,15H,6H2,1-2H3,(H,18,19). The summed E-state index contributed by atoms with van der Waals surface area (Å²) in [5, 5.41) is 16.5. The summed E-state index contributed by atoms with van der Waals surface area (Å²) in [6.07, 6.45) is 1.78. The molecular formula is C13H14BrN3O2. The van der Waals surface area contributed by atoms with Crippen LogP contribution in [0.15, 0.2) is 28.9 Å². The first-order valence-electron chi connectivity index (χ1n) is 5.74. The lowest BCUT2D eigenvalue weighted by Crippen LogP contribution is -2.07. The Bertz CT molecular complexity index is 622. The number of hydrogen-bond donors (Lipinski definition) is 2. The predicted molar refractivity (Wildman–Crippen MR) is 76.4 cm³/mol. The van der Waals surface area contributed by atoms with E-state index in [2.05, 4.69) is 26.3 Å². The second-order valence-electron chi connectivity index (χ2n) is 4.20. The van der Waals surface area contributed by atoms with Gasteiger partial charge >= 0.3 is 5.97 Å². The van der Waals surface area contributed by atoms with E-state index in [1.165, 1.54) is 0 Å². The van der Waals surface area contributed by atoms with Crippen LogP contribution in [-0.4, -0.2) is 20.9 Å². The highest BCUT2D eigenvalue weighted by Crippen LogP contribution is 2.25. The van der Waals surface area contributed by atoms with Crippen molar-refractivity contribution in [3.63, 3.8) is 0 Å². The third kappa shape index (κ3) is 2.78. The number of aromatic nitrogens is 2. The number of carbonyl (C=O) groups is 1. The van der Waals surface area contributed by atoms with Crippen LogP contribution in [0.4, 0.5) is 5.69 Å². The van der Waals surface area contributed by atoms with Crippen molar-refractivity contribution in [1.82, 2.24) is 9.78 Å². The van der Waals surface area contributed by atoms with Crippen molar-refractivity contribution in [2.45, 2.75) is 13.5 Å². The molecule has 2 N–H and O–H groups in total. The number of aromatic carboxylic acids is 1. The number of carboxylic acid groups (broad SMARTS) is 1. The van der Waals surface area contributed by atoms with Gasteiger partial charge in [0.1, 0.15) is 0 Å². The second-order valence-corrected chi connectivity index (χ2v) is 5.05. The van der Waals surface area contributed by atoms with Gasteiger partial charge in [-0.3, -0.25) is 4.68 Å². The maximum Gasteiger partial charge on any atom is 0.338 e. The lowest BCUT2D eigenvalue weighted by atomic mass is 10.1. The number of hydrogen-bond acceptors (Lipinski definition) is 3. The highest BCUT2D eigenvalue weighted by atomic mass is 79.9. The predicted octanol–water partition coefficient (Wildman–Crippen LogP) is 2.80. The van der Waals surface area contributed by atoms with Gasteiger partial charge in [-0.15, -0.1) is 0 Å². The Balaban J connectivity index is 2.23. The normalized spacial score (nSPS) is 10.5. The van der Waals surface area contributed by atoms with E-state index in [1.54, 1.807) is 29.1 Å². The van der Waals surface area contributed by atoms with Gasteiger partial charge in [-0.25, -0.2) is 4.79 Å². The van der Waals surface area contributed by atoms with Crippen LogP contribution in [0.2, 0.25) is 0 Å². The summed E-state index contributed by atoms with van der Waals surface area (Å²) in [5.74, 6) is -0.960. The highest BCUT2D eigenvalue weighted by molar-refractivity contribution is 9.10. The Morgan fingerprint density at radius 1 is 1.53 bits per heavy atom. The Morgan fingerprint density at radius 2 is 2.26 bits per heavy atom. The van der Waals surface area contributed by atoms with Gasteiger partial charge in [0.15, 0.2) is 0 Å². The van der Waals surface area contributed by atoms with Crippen molar-refractivity contribution in [1.29, 1.82) is 0 Å². The van der Waals surface area contributed by atoms with Gasteiger partial charge in [0.2, 0.25) is 0 Å². The van der Waals surface area contributed by atoms with Gasteiger partial charge in [-0.1, -0.05) is 6.07 Å². The average molecular weight is 324 g/mol. The molecule has 0 aliphatic heterocycles. The Kier molecular flexibility index (Phi) is 3.90. The van der Waals surface area contributed by atoms with Crippen molar-refractivity contribution < 1.29 is 9.90 Å². The SMILES string of the molecule is Cc1c(CNc2cccc(Br)c2C(=O)O)cnn1C. The van der Waals surface area contributed by atoms with E-state index in [-0.39, 0.29) is 5.56 Å². The van der Waals surface area contributed by atoms with E-state index in [4.69, 9.17) is 0 Å². The number of rotatable bonds is 4. The van der Waals surface area contributed by atoms with Crippen molar-refractivity contribution in [2.24, 2.45) is 7.05 Å². The molecule has 100 valence electrons. The van der Waals surface area contributed by atoms with E-state index >= 15 is 0 Å². The number of nitrogens with one attached hydrogen (secondary N) is 1. The van der Waals surface area contributed by atoms with Gasteiger partial charge < -0.3 is 10.4 Å².